The van der Waals surface area contributed by atoms with E-state index in [1.807, 2.05) is 0 Å². The van der Waals surface area contributed by atoms with Crippen LogP contribution in [0.1, 0.15) is 20.2 Å². The Morgan fingerprint density at radius 1 is 1.18 bits per heavy atom. The van der Waals surface area contributed by atoms with Gasteiger partial charge >= 0.3 is 11.9 Å². The summed E-state index contributed by atoms with van der Waals surface area (Å²) < 4.78 is 17.9. The van der Waals surface area contributed by atoms with E-state index in [0.717, 1.165) is 11.3 Å². The first kappa shape index (κ1) is 10.1. The molecular formula is C11H4FNO3S. The number of esters is 2. The van der Waals surface area contributed by atoms with Gasteiger partial charge in [-0.25, -0.2) is 19.0 Å². The maximum atomic E-state index is 13.5. The van der Waals surface area contributed by atoms with Crippen molar-refractivity contribution in [2.24, 2.45) is 0 Å². The van der Waals surface area contributed by atoms with Gasteiger partial charge in [-0.2, -0.15) is 0 Å². The van der Waals surface area contributed by atoms with Crippen LogP contribution in [0.25, 0.3) is 10.6 Å². The largest absolute Gasteiger partial charge is 0.384 e. The fourth-order valence-electron chi connectivity index (χ4n) is 1.53. The van der Waals surface area contributed by atoms with Gasteiger partial charge in [0.1, 0.15) is 15.7 Å². The van der Waals surface area contributed by atoms with Crippen LogP contribution in [0.15, 0.2) is 24.3 Å². The molecule has 17 heavy (non-hydrogen) atoms. The number of hydrogen-bond donors (Lipinski definition) is 0. The number of carbonyl (C=O) groups excluding carboxylic acids is 2. The summed E-state index contributed by atoms with van der Waals surface area (Å²) in [4.78, 5) is 26.5. The SMILES string of the molecule is O=C1OC(=O)c2sc(-c3ccccc3F)nc21. The van der Waals surface area contributed by atoms with Gasteiger partial charge < -0.3 is 4.74 Å². The van der Waals surface area contributed by atoms with Gasteiger partial charge in [0.05, 0.1) is 0 Å². The number of fused-ring (bicyclic) bond motifs is 1. The lowest BCUT2D eigenvalue weighted by atomic mass is 10.2. The quantitative estimate of drug-likeness (QED) is 0.574. The van der Waals surface area contributed by atoms with Crippen molar-refractivity contribution in [2.75, 3.05) is 0 Å². The van der Waals surface area contributed by atoms with Crippen molar-refractivity contribution >= 4 is 23.3 Å². The zero-order chi connectivity index (χ0) is 12.0. The van der Waals surface area contributed by atoms with E-state index in [9.17, 15) is 14.0 Å². The predicted molar refractivity (Wildman–Crippen MR) is 57.3 cm³/mol. The minimum absolute atomic E-state index is 0.0294. The maximum Gasteiger partial charge on any atom is 0.366 e. The van der Waals surface area contributed by atoms with Gasteiger partial charge in [0.15, 0.2) is 5.69 Å². The van der Waals surface area contributed by atoms with Crippen LogP contribution in [0.2, 0.25) is 0 Å². The summed E-state index contributed by atoms with van der Waals surface area (Å²) in [6.45, 7) is 0. The first-order valence-corrected chi connectivity index (χ1v) is 5.50. The molecular weight excluding hydrogens is 245 g/mol. The first-order chi connectivity index (χ1) is 8.16. The molecule has 6 heteroatoms. The average Bonchev–Trinajstić information content (AvgIpc) is 2.83. The Bertz CT molecular complexity index is 618. The number of aromatic nitrogens is 1. The third-order valence-electron chi connectivity index (χ3n) is 2.30. The molecule has 0 aliphatic carbocycles. The molecule has 1 aromatic carbocycles. The second-order valence-corrected chi connectivity index (χ2v) is 4.35. The van der Waals surface area contributed by atoms with Gasteiger partial charge in [-0.1, -0.05) is 12.1 Å². The van der Waals surface area contributed by atoms with Crippen LogP contribution < -0.4 is 0 Å². The molecule has 2 aromatic rings. The Labute approximate surface area is 98.7 Å². The molecule has 0 atom stereocenters. The summed E-state index contributed by atoms with van der Waals surface area (Å²) in [7, 11) is 0. The number of nitrogens with zero attached hydrogens (tertiary/aromatic N) is 1. The van der Waals surface area contributed by atoms with Crippen molar-refractivity contribution in [3.63, 3.8) is 0 Å². The third kappa shape index (κ3) is 1.45. The van der Waals surface area contributed by atoms with E-state index in [1.165, 1.54) is 6.07 Å². The molecule has 1 aliphatic heterocycles. The van der Waals surface area contributed by atoms with Crippen molar-refractivity contribution in [1.82, 2.24) is 4.98 Å². The predicted octanol–water partition coefficient (Wildman–Crippen LogP) is 2.26. The van der Waals surface area contributed by atoms with Crippen molar-refractivity contribution in [3.05, 3.63) is 40.7 Å². The fraction of sp³-hybridized carbons (Fsp3) is 0. The zero-order valence-electron chi connectivity index (χ0n) is 8.27. The van der Waals surface area contributed by atoms with Crippen molar-refractivity contribution in [3.8, 4) is 10.6 Å². The molecule has 1 aromatic heterocycles. The van der Waals surface area contributed by atoms with E-state index in [4.69, 9.17) is 0 Å². The molecule has 0 amide bonds. The normalized spacial score (nSPS) is 13.7. The number of benzene rings is 1. The number of thiazole rings is 1. The molecule has 4 nitrogen and oxygen atoms in total. The zero-order valence-corrected chi connectivity index (χ0v) is 9.08. The Morgan fingerprint density at radius 3 is 2.65 bits per heavy atom. The molecule has 0 N–H and O–H groups in total. The number of rotatable bonds is 1. The van der Waals surface area contributed by atoms with Crippen LogP contribution in [-0.2, 0) is 4.74 Å². The monoisotopic (exact) mass is 249 g/mol. The highest BCUT2D eigenvalue weighted by molar-refractivity contribution is 7.17. The highest BCUT2D eigenvalue weighted by Gasteiger charge is 2.35. The van der Waals surface area contributed by atoms with E-state index < -0.39 is 17.8 Å². The molecule has 0 fully saturated rings. The molecule has 0 saturated heterocycles. The standard InChI is InChI=1S/C11H4FNO3S/c12-6-4-2-1-3-5(6)9-13-7-8(17-9)11(15)16-10(7)14/h1-4H. The van der Waals surface area contributed by atoms with Crippen molar-refractivity contribution in [1.29, 1.82) is 0 Å². The molecule has 0 unspecified atom stereocenters. The van der Waals surface area contributed by atoms with E-state index in [-0.39, 0.29) is 16.1 Å². The van der Waals surface area contributed by atoms with Gasteiger partial charge in [-0.15, -0.1) is 11.3 Å². The number of hydrogen-bond acceptors (Lipinski definition) is 5. The van der Waals surface area contributed by atoms with E-state index >= 15 is 0 Å². The van der Waals surface area contributed by atoms with Crippen LogP contribution in [-0.4, -0.2) is 16.9 Å². The van der Waals surface area contributed by atoms with Crippen LogP contribution >= 0.6 is 11.3 Å². The minimum atomic E-state index is -0.774. The summed E-state index contributed by atoms with van der Waals surface area (Å²) >= 11 is 0.955. The van der Waals surface area contributed by atoms with Gasteiger partial charge in [-0.05, 0) is 12.1 Å². The molecule has 0 saturated carbocycles. The summed E-state index contributed by atoms with van der Waals surface area (Å²) in [5, 5.41) is 0.304. The Kier molecular flexibility index (Phi) is 2.05. The topological polar surface area (TPSA) is 56.3 Å². The molecule has 3 rings (SSSR count). The number of halogens is 1. The second-order valence-electron chi connectivity index (χ2n) is 3.35. The molecule has 0 spiro atoms. The molecule has 84 valence electrons. The fourth-order valence-corrected chi connectivity index (χ4v) is 2.48. The number of ether oxygens (including phenoxy) is 1. The number of carbonyl (C=O) groups is 2. The second kappa shape index (κ2) is 3.46. The lowest BCUT2D eigenvalue weighted by molar-refractivity contribution is 0.0443. The minimum Gasteiger partial charge on any atom is -0.384 e. The highest BCUT2D eigenvalue weighted by Crippen LogP contribution is 2.33. The van der Waals surface area contributed by atoms with Gasteiger partial charge in [0.2, 0.25) is 0 Å². The lowest BCUT2D eigenvalue weighted by Gasteiger charge is -1.97. The molecule has 0 radical (unpaired) electrons. The Balaban J connectivity index is 2.17. The van der Waals surface area contributed by atoms with Crippen molar-refractivity contribution in [2.45, 2.75) is 0 Å². The number of cyclic esters (lactones) is 2. The molecule has 2 heterocycles. The first-order valence-electron chi connectivity index (χ1n) is 4.69. The van der Waals surface area contributed by atoms with E-state index in [0.29, 0.717) is 5.01 Å². The average molecular weight is 249 g/mol. The van der Waals surface area contributed by atoms with Crippen LogP contribution in [0, 0.1) is 5.82 Å². The lowest BCUT2D eigenvalue weighted by Crippen LogP contribution is -1.99. The van der Waals surface area contributed by atoms with E-state index in [1.54, 1.807) is 18.2 Å². The maximum absolute atomic E-state index is 13.5. The van der Waals surface area contributed by atoms with Gasteiger partial charge in [-0.3, -0.25) is 0 Å². The van der Waals surface area contributed by atoms with E-state index in [2.05, 4.69) is 9.72 Å². The summed E-state index contributed by atoms with van der Waals surface area (Å²) in [5.41, 5.74) is 0.241. The smallest absolute Gasteiger partial charge is 0.366 e. The Hall–Kier alpha value is -2.08. The van der Waals surface area contributed by atoms with Crippen LogP contribution in [0.5, 0.6) is 0 Å². The van der Waals surface area contributed by atoms with Crippen molar-refractivity contribution < 1.29 is 18.7 Å². The Morgan fingerprint density at radius 2 is 1.94 bits per heavy atom. The van der Waals surface area contributed by atoms with Gasteiger partial charge in [0, 0.05) is 5.56 Å². The van der Waals surface area contributed by atoms with Gasteiger partial charge in [0.25, 0.3) is 0 Å². The molecule has 0 bridgehead atoms. The summed E-state index contributed by atoms with van der Waals surface area (Å²) in [5.74, 6) is -1.94. The van der Waals surface area contributed by atoms with Crippen LogP contribution in [0.3, 0.4) is 0 Å². The summed E-state index contributed by atoms with van der Waals surface area (Å²) in [6.07, 6.45) is 0. The van der Waals surface area contributed by atoms with Crippen LogP contribution in [0.4, 0.5) is 4.39 Å². The third-order valence-corrected chi connectivity index (χ3v) is 3.36. The molecule has 1 aliphatic rings. The highest BCUT2D eigenvalue weighted by atomic mass is 32.1. The summed E-state index contributed by atoms with van der Waals surface area (Å²) in [6, 6.07) is 6.05.